The second-order valence-corrected chi connectivity index (χ2v) is 3.92. The largest absolute Gasteiger partial charge is 0.382 e. The van der Waals surface area contributed by atoms with Crippen LogP contribution in [0.4, 0.5) is 0 Å². The molecule has 1 atom stereocenters. The summed E-state index contributed by atoms with van der Waals surface area (Å²) in [5.41, 5.74) is 0.910. The summed E-state index contributed by atoms with van der Waals surface area (Å²) < 4.78 is 0. The van der Waals surface area contributed by atoms with Crippen LogP contribution in [-0.4, -0.2) is 10.5 Å². The van der Waals surface area contributed by atoms with Crippen molar-refractivity contribution in [2.45, 2.75) is 24.2 Å². The van der Waals surface area contributed by atoms with Gasteiger partial charge in [0.25, 0.3) is 0 Å². The van der Waals surface area contributed by atoms with E-state index in [0.29, 0.717) is 0 Å². The molecule has 1 N–H and O–H groups in total. The maximum absolute atomic E-state index is 9.06. The summed E-state index contributed by atoms with van der Waals surface area (Å²) in [4.78, 5) is 1.13. The van der Waals surface area contributed by atoms with Crippen molar-refractivity contribution in [2.24, 2.45) is 0 Å². The molecule has 0 unspecified atom stereocenters. The average Bonchev–Trinajstić information content (AvgIpc) is 1.85. The van der Waals surface area contributed by atoms with E-state index in [1.54, 1.807) is 6.92 Å². The van der Waals surface area contributed by atoms with E-state index in [2.05, 4.69) is 6.07 Å². The summed E-state index contributed by atoms with van der Waals surface area (Å²) in [6, 6.07) is 8.12. The van der Waals surface area contributed by atoms with E-state index in [1.807, 2.05) is 25.1 Å². The van der Waals surface area contributed by atoms with Crippen LogP contribution in [0.25, 0.3) is 0 Å². The molecule has 0 aliphatic carbocycles. The first-order chi connectivity index (χ1) is 5.18. The Morgan fingerprint density at radius 1 is 1.45 bits per heavy atom. The average molecular weight is 168 g/mol. The second-order valence-electron chi connectivity index (χ2n) is 2.53. The normalized spacial score (nSPS) is 13.0. The van der Waals surface area contributed by atoms with Crippen molar-refractivity contribution in [1.82, 2.24) is 0 Å². The lowest BCUT2D eigenvalue weighted by Gasteiger charge is -2.03. The molecular formula is C9H12OS. The molecule has 1 aromatic carbocycles. The van der Waals surface area contributed by atoms with Crippen molar-refractivity contribution in [2.75, 3.05) is 0 Å². The Bertz CT molecular complexity index is 233. The number of aliphatic hydroxyl groups excluding tert-OH is 1. The van der Waals surface area contributed by atoms with Crippen LogP contribution in [0.15, 0.2) is 29.2 Å². The second kappa shape index (κ2) is 3.79. The minimum Gasteiger partial charge on any atom is -0.382 e. The van der Waals surface area contributed by atoms with Gasteiger partial charge in [-0.25, -0.2) is 0 Å². The van der Waals surface area contributed by atoms with Gasteiger partial charge in [-0.2, -0.15) is 0 Å². The summed E-state index contributed by atoms with van der Waals surface area (Å²) in [5, 5.41) is 9.06. The highest BCUT2D eigenvalue weighted by Gasteiger charge is 1.97. The standard InChI is InChI=1S/C9H12OS/c1-7-4-3-5-9(6-7)11-8(2)10/h3-6,8,10H,1-2H3/t8-/m0/s1. The molecule has 0 heterocycles. The van der Waals surface area contributed by atoms with Crippen molar-refractivity contribution < 1.29 is 5.11 Å². The minimum absolute atomic E-state index is 0.322. The Balaban J connectivity index is 2.71. The van der Waals surface area contributed by atoms with E-state index >= 15 is 0 Å². The zero-order chi connectivity index (χ0) is 8.27. The van der Waals surface area contributed by atoms with Gasteiger partial charge in [-0.05, 0) is 26.0 Å². The van der Waals surface area contributed by atoms with Crippen LogP contribution < -0.4 is 0 Å². The third-order valence-electron chi connectivity index (χ3n) is 1.30. The molecule has 1 nitrogen and oxygen atoms in total. The molecule has 1 aromatic rings. The van der Waals surface area contributed by atoms with Crippen molar-refractivity contribution in [3.63, 3.8) is 0 Å². The highest BCUT2D eigenvalue weighted by molar-refractivity contribution is 7.99. The number of rotatable bonds is 2. The molecule has 0 saturated carbocycles. The maximum atomic E-state index is 9.06. The fourth-order valence-electron chi connectivity index (χ4n) is 0.886. The molecule has 0 spiro atoms. The fraction of sp³-hybridized carbons (Fsp3) is 0.333. The number of aryl methyl sites for hydroxylation is 1. The molecule has 0 aliphatic rings. The van der Waals surface area contributed by atoms with E-state index in [-0.39, 0.29) is 5.44 Å². The summed E-state index contributed by atoms with van der Waals surface area (Å²) in [7, 11) is 0. The zero-order valence-electron chi connectivity index (χ0n) is 6.74. The Morgan fingerprint density at radius 2 is 2.18 bits per heavy atom. The number of benzene rings is 1. The lowest BCUT2D eigenvalue weighted by atomic mass is 10.2. The molecule has 0 fully saturated rings. The number of thioether (sulfide) groups is 1. The van der Waals surface area contributed by atoms with Crippen LogP contribution in [0.1, 0.15) is 12.5 Å². The maximum Gasteiger partial charge on any atom is 0.101 e. The SMILES string of the molecule is Cc1cccc(S[C@@H](C)O)c1. The molecule has 0 aliphatic heterocycles. The third kappa shape index (κ3) is 2.95. The van der Waals surface area contributed by atoms with Gasteiger partial charge in [-0.1, -0.05) is 29.5 Å². The van der Waals surface area contributed by atoms with E-state index in [1.165, 1.54) is 17.3 Å². The van der Waals surface area contributed by atoms with Crippen molar-refractivity contribution >= 4 is 11.8 Å². The van der Waals surface area contributed by atoms with Crippen molar-refractivity contribution in [1.29, 1.82) is 0 Å². The minimum atomic E-state index is -0.322. The molecule has 2 heteroatoms. The van der Waals surface area contributed by atoms with Gasteiger partial charge in [-0.15, -0.1) is 0 Å². The van der Waals surface area contributed by atoms with Gasteiger partial charge in [-0.3, -0.25) is 0 Å². The van der Waals surface area contributed by atoms with Crippen LogP contribution in [-0.2, 0) is 0 Å². The highest BCUT2D eigenvalue weighted by atomic mass is 32.2. The number of hydrogen-bond donors (Lipinski definition) is 1. The quantitative estimate of drug-likeness (QED) is 0.540. The smallest absolute Gasteiger partial charge is 0.101 e. The Hall–Kier alpha value is -0.470. The number of hydrogen-bond acceptors (Lipinski definition) is 2. The summed E-state index contributed by atoms with van der Waals surface area (Å²) in [5.74, 6) is 0. The van der Waals surface area contributed by atoms with Gasteiger partial charge in [0, 0.05) is 4.90 Å². The van der Waals surface area contributed by atoms with Gasteiger partial charge in [0.15, 0.2) is 0 Å². The molecule has 0 aromatic heterocycles. The highest BCUT2D eigenvalue weighted by Crippen LogP contribution is 2.21. The molecule has 11 heavy (non-hydrogen) atoms. The lowest BCUT2D eigenvalue weighted by molar-refractivity contribution is 0.284. The Labute approximate surface area is 71.4 Å². The topological polar surface area (TPSA) is 20.2 Å². The van der Waals surface area contributed by atoms with Crippen molar-refractivity contribution in [3.8, 4) is 0 Å². The van der Waals surface area contributed by atoms with Crippen LogP contribution in [0.5, 0.6) is 0 Å². The molecule has 0 amide bonds. The lowest BCUT2D eigenvalue weighted by Crippen LogP contribution is -1.90. The van der Waals surface area contributed by atoms with E-state index in [9.17, 15) is 0 Å². The van der Waals surface area contributed by atoms with Crippen LogP contribution in [0.2, 0.25) is 0 Å². The number of aliphatic hydroxyl groups is 1. The molecule has 0 saturated heterocycles. The fourth-order valence-corrected chi connectivity index (χ4v) is 1.69. The molecular weight excluding hydrogens is 156 g/mol. The summed E-state index contributed by atoms with van der Waals surface area (Å²) >= 11 is 1.47. The van der Waals surface area contributed by atoms with Crippen LogP contribution in [0.3, 0.4) is 0 Å². The van der Waals surface area contributed by atoms with E-state index in [0.717, 1.165) is 4.90 Å². The predicted octanol–water partition coefficient (Wildman–Crippen LogP) is 2.43. The molecule has 0 radical (unpaired) electrons. The first-order valence-electron chi connectivity index (χ1n) is 3.60. The van der Waals surface area contributed by atoms with Gasteiger partial charge >= 0.3 is 0 Å². The van der Waals surface area contributed by atoms with Crippen LogP contribution >= 0.6 is 11.8 Å². The Morgan fingerprint density at radius 3 is 2.73 bits per heavy atom. The molecule has 60 valence electrons. The summed E-state index contributed by atoms with van der Waals surface area (Å²) in [6.07, 6.45) is 0. The van der Waals surface area contributed by atoms with E-state index < -0.39 is 0 Å². The molecule has 1 rings (SSSR count). The first kappa shape index (κ1) is 8.62. The summed E-state index contributed by atoms with van der Waals surface area (Å²) in [6.45, 7) is 3.82. The predicted molar refractivity (Wildman–Crippen MR) is 48.7 cm³/mol. The van der Waals surface area contributed by atoms with Gasteiger partial charge in [0.1, 0.15) is 5.44 Å². The first-order valence-corrected chi connectivity index (χ1v) is 4.48. The van der Waals surface area contributed by atoms with Crippen LogP contribution in [0, 0.1) is 6.92 Å². The monoisotopic (exact) mass is 168 g/mol. The molecule has 0 bridgehead atoms. The zero-order valence-corrected chi connectivity index (χ0v) is 7.56. The van der Waals surface area contributed by atoms with E-state index in [4.69, 9.17) is 5.11 Å². The van der Waals surface area contributed by atoms with Gasteiger partial charge < -0.3 is 5.11 Å². The van der Waals surface area contributed by atoms with Gasteiger partial charge in [0.05, 0.1) is 0 Å². The third-order valence-corrected chi connectivity index (χ3v) is 2.16. The van der Waals surface area contributed by atoms with Crippen molar-refractivity contribution in [3.05, 3.63) is 29.8 Å². The Kier molecular flexibility index (Phi) is 2.97. The van der Waals surface area contributed by atoms with Gasteiger partial charge in [0.2, 0.25) is 0 Å².